The monoisotopic (exact) mass is 385 g/mol. The average molecular weight is 386 g/mol. The first kappa shape index (κ1) is 21.0. The maximum absolute atomic E-state index is 13.7. The van der Waals surface area contributed by atoms with Crippen LogP contribution in [0.4, 0.5) is 0 Å². The molecule has 3 rings (SSSR count). The van der Waals surface area contributed by atoms with Gasteiger partial charge in [-0.3, -0.25) is 4.79 Å². The summed E-state index contributed by atoms with van der Waals surface area (Å²) in [6, 6.07) is 28.6. The fraction of sp³-hybridized carbons (Fsp3) is 0.296. The summed E-state index contributed by atoms with van der Waals surface area (Å²) in [4.78, 5) is 13.7. The second-order valence-electron chi connectivity index (χ2n) is 8.89. The molecule has 150 valence electrons. The van der Waals surface area contributed by atoms with E-state index in [0.717, 1.165) is 17.5 Å². The predicted molar refractivity (Wildman–Crippen MR) is 121 cm³/mol. The Labute approximate surface area is 174 Å². The predicted octanol–water partition coefficient (Wildman–Crippen LogP) is 5.69. The molecular weight excluding hydrogens is 354 g/mol. The van der Waals surface area contributed by atoms with E-state index in [4.69, 9.17) is 5.73 Å². The lowest BCUT2D eigenvalue weighted by Crippen LogP contribution is -2.50. The van der Waals surface area contributed by atoms with E-state index in [9.17, 15) is 4.79 Å². The standard InChI is InChI=1S/C27H31NO/c1-26(2,3)27(20-28,19-23-12-8-5-9-13-23)25(29)24-16-14-22(15-17-24)18-21-10-6-4-7-11-21/h4-17H,18-20,28H2,1-3H3. The lowest BCUT2D eigenvalue weighted by atomic mass is 9.60. The molecule has 0 aliphatic rings. The van der Waals surface area contributed by atoms with Crippen LogP contribution in [-0.2, 0) is 12.8 Å². The van der Waals surface area contributed by atoms with E-state index in [1.165, 1.54) is 11.1 Å². The van der Waals surface area contributed by atoms with Gasteiger partial charge in [0.2, 0.25) is 0 Å². The molecule has 0 spiro atoms. The maximum Gasteiger partial charge on any atom is 0.171 e. The molecule has 0 saturated heterocycles. The lowest BCUT2D eigenvalue weighted by Gasteiger charge is -2.43. The van der Waals surface area contributed by atoms with Crippen LogP contribution in [0.5, 0.6) is 0 Å². The number of nitrogens with two attached hydrogens (primary N) is 1. The molecule has 3 aromatic carbocycles. The van der Waals surface area contributed by atoms with Crippen molar-refractivity contribution in [2.24, 2.45) is 16.6 Å². The topological polar surface area (TPSA) is 43.1 Å². The summed E-state index contributed by atoms with van der Waals surface area (Å²) in [5.74, 6) is 0.127. The normalized spacial score (nSPS) is 13.7. The zero-order chi connectivity index (χ0) is 20.9. The highest BCUT2D eigenvalue weighted by Gasteiger charge is 2.47. The van der Waals surface area contributed by atoms with Crippen LogP contribution in [-0.4, -0.2) is 12.3 Å². The van der Waals surface area contributed by atoms with Gasteiger partial charge in [0.25, 0.3) is 0 Å². The summed E-state index contributed by atoms with van der Waals surface area (Å²) < 4.78 is 0. The van der Waals surface area contributed by atoms with Gasteiger partial charge in [0.15, 0.2) is 5.78 Å². The molecule has 29 heavy (non-hydrogen) atoms. The van der Waals surface area contributed by atoms with E-state index in [1.807, 2.05) is 36.4 Å². The second-order valence-corrected chi connectivity index (χ2v) is 8.89. The molecular formula is C27H31NO. The summed E-state index contributed by atoms with van der Waals surface area (Å²) in [6.07, 6.45) is 1.50. The van der Waals surface area contributed by atoms with E-state index in [2.05, 4.69) is 69.3 Å². The van der Waals surface area contributed by atoms with Crippen molar-refractivity contribution in [1.29, 1.82) is 0 Å². The first-order valence-electron chi connectivity index (χ1n) is 10.3. The molecule has 0 radical (unpaired) electrons. The Morgan fingerprint density at radius 1 is 0.724 bits per heavy atom. The largest absolute Gasteiger partial charge is 0.329 e. The van der Waals surface area contributed by atoms with Crippen molar-refractivity contribution in [1.82, 2.24) is 0 Å². The summed E-state index contributed by atoms with van der Waals surface area (Å²) >= 11 is 0. The molecule has 0 fully saturated rings. The first-order valence-corrected chi connectivity index (χ1v) is 10.3. The molecule has 0 saturated carbocycles. The molecule has 2 N–H and O–H groups in total. The highest BCUT2D eigenvalue weighted by molar-refractivity contribution is 6.01. The van der Waals surface area contributed by atoms with Crippen molar-refractivity contribution in [3.05, 3.63) is 107 Å². The van der Waals surface area contributed by atoms with Crippen LogP contribution < -0.4 is 5.73 Å². The lowest BCUT2D eigenvalue weighted by molar-refractivity contribution is 0.0528. The minimum absolute atomic E-state index is 0.127. The SMILES string of the molecule is CC(C)(C)C(CN)(Cc1ccccc1)C(=O)c1ccc(Cc2ccccc2)cc1. The summed E-state index contributed by atoms with van der Waals surface area (Å²) in [6.45, 7) is 6.66. The van der Waals surface area contributed by atoms with Gasteiger partial charge >= 0.3 is 0 Å². The van der Waals surface area contributed by atoms with E-state index < -0.39 is 5.41 Å². The Balaban J connectivity index is 1.89. The molecule has 2 nitrogen and oxygen atoms in total. The van der Waals surface area contributed by atoms with Gasteiger partial charge in [-0.1, -0.05) is 106 Å². The van der Waals surface area contributed by atoms with Gasteiger partial charge < -0.3 is 5.73 Å². The number of hydrogen-bond donors (Lipinski definition) is 1. The van der Waals surface area contributed by atoms with Gasteiger partial charge in [0.1, 0.15) is 0 Å². The zero-order valence-electron chi connectivity index (χ0n) is 17.7. The van der Waals surface area contributed by atoms with Crippen molar-refractivity contribution in [2.75, 3.05) is 6.54 Å². The number of benzene rings is 3. The number of carbonyl (C=O) groups excluding carboxylic acids is 1. The average Bonchev–Trinajstić information content (AvgIpc) is 2.73. The molecule has 3 aromatic rings. The van der Waals surface area contributed by atoms with Gasteiger partial charge in [0.05, 0.1) is 5.41 Å². The summed E-state index contributed by atoms with van der Waals surface area (Å²) in [5.41, 5.74) is 9.71. The summed E-state index contributed by atoms with van der Waals surface area (Å²) in [7, 11) is 0. The number of ketones is 1. The van der Waals surface area contributed by atoms with E-state index in [0.29, 0.717) is 13.0 Å². The molecule has 0 heterocycles. The number of hydrogen-bond acceptors (Lipinski definition) is 2. The van der Waals surface area contributed by atoms with Gasteiger partial charge in [-0.15, -0.1) is 0 Å². The highest BCUT2D eigenvalue weighted by atomic mass is 16.1. The minimum Gasteiger partial charge on any atom is -0.329 e. The smallest absolute Gasteiger partial charge is 0.171 e. The molecule has 0 amide bonds. The van der Waals surface area contributed by atoms with Crippen LogP contribution >= 0.6 is 0 Å². The van der Waals surface area contributed by atoms with Gasteiger partial charge in [-0.25, -0.2) is 0 Å². The second kappa shape index (κ2) is 8.75. The van der Waals surface area contributed by atoms with Gasteiger partial charge in [-0.05, 0) is 34.9 Å². The van der Waals surface area contributed by atoms with Crippen LogP contribution in [0, 0.1) is 10.8 Å². The molecule has 2 heteroatoms. The molecule has 1 unspecified atom stereocenters. The Bertz CT molecular complexity index is 924. The van der Waals surface area contributed by atoms with Crippen molar-refractivity contribution in [3.63, 3.8) is 0 Å². The zero-order valence-corrected chi connectivity index (χ0v) is 17.7. The number of rotatable bonds is 7. The maximum atomic E-state index is 13.7. The molecule has 1 atom stereocenters. The quantitative estimate of drug-likeness (QED) is 0.531. The van der Waals surface area contributed by atoms with Crippen LogP contribution in [0.3, 0.4) is 0 Å². The Hall–Kier alpha value is -2.71. The number of carbonyl (C=O) groups is 1. The Morgan fingerprint density at radius 3 is 1.69 bits per heavy atom. The van der Waals surface area contributed by atoms with E-state index in [1.54, 1.807) is 0 Å². The minimum atomic E-state index is -0.657. The fourth-order valence-corrected chi connectivity index (χ4v) is 3.98. The first-order chi connectivity index (χ1) is 13.9. The molecule has 0 bridgehead atoms. The Kier molecular flexibility index (Phi) is 6.34. The van der Waals surface area contributed by atoms with Gasteiger partial charge in [0, 0.05) is 12.1 Å². The van der Waals surface area contributed by atoms with Crippen LogP contribution in [0.2, 0.25) is 0 Å². The number of Topliss-reactive ketones (excluding diaryl/α,β-unsaturated/α-hetero) is 1. The highest BCUT2D eigenvalue weighted by Crippen LogP contribution is 2.43. The fourth-order valence-electron chi connectivity index (χ4n) is 3.98. The van der Waals surface area contributed by atoms with Crippen LogP contribution in [0.1, 0.15) is 47.8 Å². The van der Waals surface area contributed by atoms with E-state index in [-0.39, 0.29) is 11.2 Å². The van der Waals surface area contributed by atoms with Crippen molar-refractivity contribution < 1.29 is 4.79 Å². The van der Waals surface area contributed by atoms with Crippen molar-refractivity contribution >= 4 is 5.78 Å². The third kappa shape index (κ3) is 4.65. The van der Waals surface area contributed by atoms with Gasteiger partial charge in [-0.2, -0.15) is 0 Å². The van der Waals surface area contributed by atoms with Crippen molar-refractivity contribution in [2.45, 2.75) is 33.6 Å². The van der Waals surface area contributed by atoms with Crippen LogP contribution in [0.25, 0.3) is 0 Å². The van der Waals surface area contributed by atoms with E-state index >= 15 is 0 Å². The van der Waals surface area contributed by atoms with Crippen molar-refractivity contribution in [3.8, 4) is 0 Å². The third-order valence-electron chi connectivity index (χ3n) is 6.03. The molecule has 0 aliphatic heterocycles. The third-order valence-corrected chi connectivity index (χ3v) is 6.03. The molecule has 0 aromatic heterocycles. The Morgan fingerprint density at radius 2 is 1.21 bits per heavy atom. The van der Waals surface area contributed by atoms with Crippen LogP contribution in [0.15, 0.2) is 84.9 Å². The molecule has 0 aliphatic carbocycles. The summed E-state index contributed by atoms with van der Waals surface area (Å²) in [5, 5.41) is 0.